The predicted molar refractivity (Wildman–Crippen MR) is 151 cm³/mol. The molecule has 1 amide bonds. The van der Waals surface area contributed by atoms with E-state index < -0.39 is 16.1 Å². The first kappa shape index (κ1) is 30.6. The molecule has 0 spiro atoms. The minimum absolute atomic E-state index is 0.0458. The van der Waals surface area contributed by atoms with Gasteiger partial charge in [-0.25, -0.2) is 8.42 Å². The Morgan fingerprint density at radius 1 is 0.946 bits per heavy atom. The molecule has 0 aliphatic heterocycles. The Morgan fingerprint density at radius 2 is 1.57 bits per heavy atom. The van der Waals surface area contributed by atoms with Crippen LogP contribution in [-0.4, -0.2) is 62.6 Å². The Kier molecular flexibility index (Phi) is 12.4. The fraction of sp³-hybridized carbons (Fsp3) is 0.536. The average Bonchev–Trinajstić information content (AvgIpc) is 2.85. The Morgan fingerprint density at radius 3 is 2.14 bits per heavy atom. The zero-order chi connectivity index (χ0) is 27.4. The van der Waals surface area contributed by atoms with Gasteiger partial charge in [0.15, 0.2) is 0 Å². The summed E-state index contributed by atoms with van der Waals surface area (Å²) < 4.78 is 28.1. The molecule has 2 aromatic rings. The molecule has 1 atom stereocenters. The molecule has 4 N–H and O–H groups in total. The lowest BCUT2D eigenvalue weighted by atomic mass is 10.1. The van der Waals surface area contributed by atoms with Crippen molar-refractivity contribution in [2.24, 2.45) is 11.8 Å². The number of sulfonamides is 1. The van der Waals surface area contributed by atoms with Crippen LogP contribution in [0.4, 0.5) is 11.4 Å². The van der Waals surface area contributed by atoms with Crippen LogP contribution in [-0.2, 0) is 14.8 Å². The Hall–Kier alpha value is -2.62. The highest BCUT2D eigenvalue weighted by atomic mass is 32.2. The highest BCUT2D eigenvalue weighted by Gasteiger charge is 2.31. The molecule has 0 aliphatic carbocycles. The normalized spacial score (nSPS) is 12.8. The number of nitrogens with one attached hydrogen (secondary N) is 1. The number of carbonyl (C=O) groups is 1. The molecule has 0 fully saturated rings. The number of benzene rings is 2. The molecule has 37 heavy (non-hydrogen) atoms. The molecule has 206 valence electrons. The lowest BCUT2D eigenvalue weighted by Crippen LogP contribution is -2.44. The van der Waals surface area contributed by atoms with Crippen LogP contribution in [0.25, 0.3) is 0 Å². The first-order valence-electron chi connectivity index (χ1n) is 13.1. The second kappa shape index (κ2) is 15.0. The van der Waals surface area contributed by atoms with Gasteiger partial charge in [-0.3, -0.25) is 4.79 Å². The van der Waals surface area contributed by atoms with E-state index in [0.717, 1.165) is 12.2 Å². The number of aliphatic hydroxyl groups excluding tert-OH is 1. The van der Waals surface area contributed by atoms with E-state index in [1.807, 2.05) is 44.2 Å². The molecule has 0 aliphatic rings. The topological polar surface area (TPSA) is 116 Å². The number of carbonyl (C=O) groups excluding carboxylic acids is 1. The van der Waals surface area contributed by atoms with Gasteiger partial charge in [0.2, 0.25) is 15.9 Å². The van der Waals surface area contributed by atoms with Crippen LogP contribution in [0.5, 0.6) is 0 Å². The Bertz CT molecular complexity index is 1040. The van der Waals surface area contributed by atoms with Gasteiger partial charge in [0.05, 0.1) is 18.0 Å². The zero-order valence-electron chi connectivity index (χ0n) is 22.6. The van der Waals surface area contributed by atoms with E-state index in [0.29, 0.717) is 44.0 Å². The van der Waals surface area contributed by atoms with Crippen molar-refractivity contribution in [3.63, 3.8) is 0 Å². The summed E-state index contributed by atoms with van der Waals surface area (Å²) in [6.07, 6.45) is 1.86. The number of nitrogens with zero attached hydrogens (tertiary/aromatic N) is 2. The van der Waals surface area contributed by atoms with Crippen LogP contribution in [0.1, 0.15) is 47.0 Å². The smallest absolute Gasteiger partial charge is 0.243 e. The van der Waals surface area contributed by atoms with Crippen molar-refractivity contribution < 1.29 is 18.3 Å². The summed E-state index contributed by atoms with van der Waals surface area (Å²) in [4.78, 5) is 14.9. The molecule has 9 heteroatoms. The van der Waals surface area contributed by atoms with E-state index >= 15 is 0 Å². The van der Waals surface area contributed by atoms with Crippen molar-refractivity contribution in [2.45, 2.75) is 57.9 Å². The van der Waals surface area contributed by atoms with Gasteiger partial charge in [0.1, 0.15) is 0 Å². The molecule has 2 rings (SSSR count). The summed E-state index contributed by atoms with van der Waals surface area (Å²) in [5.74, 6) is 0.465. The number of nitrogen functional groups attached to an aromatic ring is 1. The monoisotopic (exact) mass is 532 g/mol. The van der Waals surface area contributed by atoms with Crippen molar-refractivity contribution in [2.75, 3.05) is 43.4 Å². The van der Waals surface area contributed by atoms with Gasteiger partial charge in [-0.2, -0.15) is 4.31 Å². The van der Waals surface area contributed by atoms with Crippen LogP contribution in [0.15, 0.2) is 59.5 Å². The number of anilines is 2. The number of para-hydroxylation sites is 1. The first-order chi connectivity index (χ1) is 17.5. The first-order valence-corrected chi connectivity index (χ1v) is 14.5. The van der Waals surface area contributed by atoms with E-state index in [4.69, 9.17) is 5.73 Å². The van der Waals surface area contributed by atoms with Crippen molar-refractivity contribution in [1.29, 1.82) is 0 Å². The van der Waals surface area contributed by atoms with Gasteiger partial charge in [0, 0.05) is 37.1 Å². The standard InChI is InChI=1S/C28H44N4O4S/c1-22(2)18-31(25-10-6-5-7-11-25)20-28(34)30-17-9-8-12-26(21-33)32(19-23(3)4)37(35,36)27-15-13-24(29)14-16-27/h5-7,10-11,13-16,22-23,26,33H,8-9,12,17-21,29H2,1-4H3,(H,30,34)/t26-/m0/s1. The van der Waals surface area contributed by atoms with E-state index in [1.54, 1.807) is 12.1 Å². The summed E-state index contributed by atoms with van der Waals surface area (Å²) in [7, 11) is -3.79. The van der Waals surface area contributed by atoms with Gasteiger partial charge in [-0.15, -0.1) is 0 Å². The van der Waals surface area contributed by atoms with Crippen LogP contribution in [0.3, 0.4) is 0 Å². The van der Waals surface area contributed by atoms with Gasteiger partial charge in [-0.1, -0.05) is 52.3 Å². The van der Waals surface area contributed by atoms with Crippen molar-refractivity contribution in [3.05, 3.63) is 54.6 Å². The van der Waals surface area contributed by atoms with Gasteiger partial charge < -0.3 is 21.1 Å². The third kappa shape index (κ3) is 9.98. The molecule has 0 bridgehead atoms. The SMILES string of the molecule is CC(C)CN(CC(=O)NCCCC[C@@H](CO)N(CC(C)C)S(=O)(=O)c1ccc(N)cc1)c1ccccc1. The Balaban J connectivity index is 1.92. The van der Waals surface area contributed by atoms with E-state index in [-0.39, 0.29) is 29.9 Å². The summed E-state index contributed by atoms with van der Waals surface area (Å²) in [5.41, 5.74) is 7.23. The molecule has 0 unspecified atom stereocenters. The highest BCUT2D eigenvalue weighted by molar-refractivity contribution is 7.89. The largest absolute Gasteiger partial charge is 0.399 e. The number of unbranched alkanes of at least 4 members (excludes halogenated alkanes) is 1. The average molecular weight is 533 g/mol. The molecule has 2 aromatic carbocycles. The molecule has 0 aromatic heterocycles. The van der Waals surface area contributed by atoms with Gasteiger partial charge >= 0.3 is 0 Å². The number of hydrogen-bond donors (Lipinski definition) is 3. The van der Waals surface area contributed by atoms with E-state index in [2.05, 4.69) is 24.1 Å². The fourth-order valence-corrected chi connectivity index (χ4v) is 6.02. The lowest BCUT2D eigenvalue weighted by Gasteiger charge is -2.31. The number of hydrogen-bond acceptors (Lipinski definition) is 6. The number of rotatable bonds is 16. The highest BCUT2D eigenvalue weighted by Crippen LogP contribution is 2.23. The van der Waals surface area contributed by atoms with Crippen molar-refractivity contribution in [1.82, 2.24) is 9.62 Å². The third-order valence-corrected chi connectivity index (χ3v) is 7.91. The van der Waals surface area contributed by atoms with E-state index in [9.17, 15) is 18.3 Å². The lowest BCUT2D eigenvalue weighted by molar-refractivity contribution is -0.119. The minimum atomic E-state index is -3.79. The van der Waals surface area contributed by atoms with Crippen molar-refractivity contribution in [3.8, 4) is 0 Å². The molecule has 0 saturated carbocycles. The van der Waals surface area contributed by atoms with Crippen LogP contribution in [0, 0.1) is 11.8 Å². The number of aliphatic hydroxyl groups is 1. The van der Waals surface area contributed by atoms with Crippen molar-refractivity contribution >= 4 is 27.3 Å². The summed E-state index contributed by atoms with van der Waals surface area (Å²) in [6.45, 7) is 9.75. The number of nitrogens with two attached hydrogens (primary N) is 1. The Labute approximate surface area is 222 Å². The maximum atomic E-state index is 13.4. The zero-order valence-corrected chi connectivity index (χ0v) is 23.5. The molecular weight excluding hydrogens is 488 g/mol. The molecule has 0 saturated heterocycles. The third-order valence-electron chi connectivity index (χ3n) is 5.98. The fourth-order valence-electron chi connectivity index (χ4n) is 4.21. The van der Waals surface area contributed by atoms with Crippen LogP contribution < -0.4 is 16.0 Å². The maximum absolute atomic E-state index is 13.4. The van der Waals surface area contributed by atoms with Crippen LogP contribution >= 0.6 is 0 Å². The van der Waals surface area contributed by atoms with Crippen LogP contribution in [0.2, 0.25) is 0 Å². The molecular formula is C28H44N4O4S. The maximum Gasteiger partial charge on any atom is 0.243 e. The van der Waals surface area contributed by atoms with Gasteiger partial charge in [0.25, 0.3) is 0 Å². The predicted octanol–water partition coefficient (Wildman–Crippen LogP) is 3.73. The second-order valence-corrected chi connectivity index (χ2v) is 12.2. The van der Waals surface area contributed by atoms with Gasteiger partial charge in [-0.05, 0) is 61.1 Å². The molecule has 0 radical (unpaired) electrons. The number of amides is 1. The summed E-state index contributed by atoms with van der Waals surface area (Å²) in [5, 5.41) is 13.1. The minimum Gasteiger partial charge on any atom is -0.399 e. The molecule has 0 heterocycles. The second-order valence-electron chi connectivity index (χ2n) is 10.3. The summed E-state index contributed by atoms with van der Waals surface area (Å²) in [6, 6.07) is 15.5. The quantitative estimate of drug-likeness (QED) is 0.224. The molecule has 8 nitrogen and oxygen atoms in total. The van der Waals surface area contributed by atoms with E-state index in [1.165, 1.54) is 16.4 Å². The summed E-state index contributed by atoms with van der Waals surface area (Å²) >= 11 is 0.